The van der Waals surface area contributed by atoms with E-state index in [0.717, 1.165) is 44.5 Å². The molecule has 1 aromatic carbocycles. The summed E-state index contributed by atoms with van der Waals surface area (Å²) in [6.07, 6.45) is 3.10. The van der Waals surface area contributed by atoms with Gasteiger partial charge in [-0.1, -0.05) is 29.3 Å². The Morgan fingerprint density at radius 2 is 2.05 bits per heavy atom. The molecule has 1 aliphatic heterocycles. The van der Waals surface area contributed by atoms with Gasteiger partial charge in [0, 0.05) is 35.7 Å². The zero-order chi connectivity index (χ0) is 15.7. The van der Waals surface area contributed by atoms with Crippen molar-refractivity contribution in [3.05, 3.63) is 33.8 Å². The number of piperidine rings is 1. The predicted octanol–water partition coefficient (Wildman–Crippen LogP) is 4.12. The fourth-order valence-corrected chi connectivity index (χ4v) is 3.88. The topological polar surface area (TPSA) is 29.5 Å². The molecule has 5 heteroatoms. The van der Waals surface area contributed by atoms with Gasteiger partial charge in [0.05, 0.1) is 6.10 Å². The number of nitrogens with zero attached hydrogens (tertiary/aromatic N) is 1. The highest BCUT2D eigenvalue weighted by molar-refractivity contribution is 6.35. The molecule has 3 rings (SSSR count). The van der Waals surface area contributed by atoms with Crippen molar-refractivity contribution in [1.29, 1.82) is 0 Å². The van der Waals surface area contributed by atoms with Crippen LogP contribution in [0.5, 0.6) is 0 Å². The van der Waals surface area contributed by atoms with Crippen molar-refractivity contribution in [2.24, 2.45) is 5.92 Å². The molecule has 2 atom stereocenters. The third kappa shape index (κ3) is 3.42. The molecule has 1 aliphatic carbocycles. The Kier molecular flexibility index (Phi) is 4.96. The molecule has 0 unspecified atom stereocenters. The van der Waals surface area contributed by atoms with Crippen LogP contribution in [0.2, 0.25) is 10.0 Å². The minimum atomic E-state index is 0.0855. The molecule has 0 spiro atoms. The Morgan fingerprint density at radius 3 is 2.68 bits per heavy atom. The Hall–Kier alpha value is -0.770. The van der Waals surface area contributed by atoms with Crippen molar-refractivity contribution in [2.45, 2.75) is 38.2 Å². The molecule has 0 radical (unpaired) electrons. The van der Waals surface area contributed by atoms with E-state index >= 15 is 0 Å². The second-order valence-electron chi connectivity index (χ2n) is 6.09. The standard InChI is InChI=1S/C17H21Cl2NO2/c1-2-22-12-5-7-20(8-6-12)17(21)15-10-14(15)13-4-3-11(18)9-16(13)19/h3-4,9,12,14-15H,2,5-8,10H2,1H3/t14-,15-/m0/s1. The van der Waals surface area contributed by atoms with Crippen molar-refractivity contribution >= 4 is 29.1 Å². The van der Waals surface area contributed by atoms with E-state index in [1.54, 1.807) is 6.07 Å². The summed E-state index contributed by atoms with van der Waals surface area (Å²) >= 11 is 12.2. The summed E-state index contributed by atoms with van der Waals surface area (Å²) in [6.45, 7) is 4.38. The fourth-order valence-electron chi connectivity index (χ4n) is 3.33. The number of carbonyl (C=O) groups excluding carboxylic acids is 1. The molecular formula is C17H21Cl2NO2. The molecule has 1 saturated heterocycles. The van der Waals surface area contributed by atoms with Crippen LogP contribution < -0.4 is 0 Å². The second-order valence-corrected chi connectivity index (χ2v) is 6.94. The highest BCUT2D eigenvalue weighted by atomic mass is 35.5. The van der Waals surface area contributed by atoms with Gasteiger partial charge >= 0.3 is 0 Å². The van der Waals surface area contributed by atoms with Crippen LogP contribution in [0.4, 0.5) is 0 Å². The largest absolute Gasteiger partial charge is 0.378 e. The zero-order valence-corrected chi connectivity index (χ0v) is 14.2. The number of benzene rings is 1. The molecule has 22 heavy (non-hydrogen) atoms. The first-order valence-corrected chi connectivity index (χ1v) is 8.71. The van der Waals surface area contributed by atoms with Gasteiger partial charge in [-0.05, 0) is 49.8 Å². The summed E-state index contributed by atoms with van der Waals surface area (Å²) in [4.78, 5) is 14.6. The quantitative estimate of drug-likeness (QED) is 0.824. The van der Waals surface area contributed by atoms with Crippen LogP contribution in [0, 0.1) is 5.92 Å². The van der Waals surface area contributed by atoms with Gasteiger partial charge in [0.2, 0.25) is 5.91 Å². The van der Waals surface area contributed by atoms with Gasteiger partial charge in [-0.3, -0.25) is 4.79 Å². The fraction of sp³-hybridized carbons (Fsp3) is 0.588. The number of hydrogen-bond donors (Lipinski definition) is 0. The molecule has 2 fully saturated rings. The first-order valence-electron chi connectivity index (χ1n) is 7.95. The van der Waals surface area contributed by atoms with Crippen LogP contribution in [0.1, 0.15) is 37.7 Å². The first-order chi connectivity index (χ1) is 10.6. The van der Waals surface area contributed by atoms with Crippen molar-refractivity contribution in [2.75, 3.05) is 19.7 Å². The van der Waals surface area contributed by atoms with Gasteiger partial charge in [-0.2, -0.15) is 0 Å². The number of likely N-dealkylation sites (tertiary alicyclic amines) is 1. The van der Waals surface area contributed by atoms with Crippen LogP contribution in [0.15, 0.2) is 18.2 Å². The monoisotopic (exact) mass is 341 g/mol. The maximum Gasteiger partial charge on any atom is 0.226 e. The van der Waals surface area contributed by atoms with Crippen molar-refractivity contribution < 1.29 is 9.53 Å². The van der Waals surface area contributed by atoms with E-state index in [0.29, 0.717) is 16.1 Å². The summed E-state index contributed by atoms with van der Waals surface area (Å²) in [6, 6.07) is 5.55. The molecule has 1 heterocycles. The summed E-state index contributed by atoms with van der Waals surface area (Å²) in [5, 5.41) is 1.30. The van der Waals surface area contributed by atoms with Crippen LogP contribution in [-0.2, 0) is 9.53 Å². The Balaban J connectivity index is 1.57. The van der Waals surface area contributed by atoms with Crippen molar-refractivity contribution in [3.8, 4) is 0 Å². The van der Waals surface area contributed by atoms with E-state index < -0.39 is 0 Å². The Morgan fingerprint density at radius 1 is 1.32 bits per heavy atom. The predicted molar refractivity (Wildman–Crippen MR) is 88.5 cm³/mol. The van der Waals surface area contributed by atoms with E-state index in [2.05, 4.69) is 0 Å². The average Bonchev–Trinajstić information content (AvgIpc) is 3.28. The maximum absolute atomic E-state index is 12.6. The molecule has 2 aliphatic rings. The van der Waals surface area contributed by atoms with Crippen LogP contribution >= 0.6 is 23.2 Å². The van der Waals surface area contributed by atoms with E-state index in [-0.39, 0.29) is 17.7 Å². The lowest BCUT2D eigenvalue weighted by Crippen LogP contribution is -2.41. The Labute approximate surface area is 141 Å². The van der Waals surface area contributed by atoms with E-state index in [1.165, 1.54) is 0 Å². The van der Waals surface area contributed by atoms with Crippen molar-refractivity contribution in [1.82, 2.24) is 4.90 Å². The lowest BCUT2D eigenvalue weighted by molar-refractivity contribution is -0.135. The molecule has 0 bridgehead atoms. The molecule has 3 nitrogen and oxygen atoms in total. The van der Waals surface area contributed by atoms with Gasteiger partial charge in [0.25, 0.3) is 0 Å². The summed E-state index contributed by atoms with van der Waals surface area (Å²) in [7, 11) is 0. The molecule has 0 N–H and O–H groups in total. The second kappa shape index (κ2) is 6.77. The summed E-state index contributed by atoms with van der Waals surface area (Å²) in [5.74, 6) is 0.607. The number of amides is 1. The normalized spacial score (nSPS) is 25.3. The SMILES string of the molecule is CCOC1CCN(C(=O)[C@H]2C[C@H]2c2ccc(Cl)cc2Cl)CC1. The van der Waals surface area contributed by atoms with Crippen molar-refractivity contribution in [3.63, 3.8) is 0 Å². The first kappa shape index (κ1) is 16.1. The number of hydrogen-bond acceptors (Lipinski definition) is 2. The lowest BCUT2D eigenvalue weighted by Gasteiger charge is -2.32. The third-order valence-electron chi connectivity index (χ3n) is 4.63. The average molecular weight is 342 g/mol. The molecule has 1 aromatic rings. The van der Waals surface area contributed by atoms with Gasteiger partial charge in [-0.15, -0.1) is 0 Å². The van der Waals surface area contributed by atoms with Gasteiger partial charge in [-0.25, -0.2) is 0 Å². The number of halogens is 2. The molecule has 1 amide bonds. The molecule has 0 aromatic heterocycles. The van der Waals surface area contributed by atoms with Gasteiger partial charge in [0.15, 0.2) is 0 Å². The minimum absolute atomic E-state index is 0.0855. The molecular weight excluding hydrogens is 321 g/mol. The third-order valence-corrected chi connectivity index (χ3v) is 5.19. The summed E-state index contributed by atoms with van der Waals surface area (Å²) < 4.78 is 5.64. The molecule has 120 valence electrons. The lowest BCUT2D eigenvalue weighted by atomic mass is 10.1. The maximum atomic E-state index is 12.6. The van der Waals surface area contributed by atoms with Crippen LogP contribution in [0.3, 0.4) is 0 Å². The van der Waals surface area contributed by atoms with Crippen LogP contribution in [-0.4, -0.2) is 36.6 Å². The smallest absolute Gasteiger partial charge is 0.226 e. The van der Waals surface area contributed by atoms with E-state index in [1.807, 2.05) is 24.0 Å². The van der Waals surface area contributed by atoms with Gasteiger partial charge < -0.3 is 9.64 Å². The molecule has 1 saturated carbocycles. The van der Waals surface area contributed by atoms with E-state index in [4.69, 9.17) is 27.9 Å². The highest BCUT2D eigenvalue weighted by Crippen LogP contribution is 2.51. The number of rotatable bonds is 4. The number of carbonyl (C=O) groups is 1. The van der Waals surface area contributed by atoms with E-state index in [9.17, 15) is 4.79 Å². The van der Waals surface area contributed by atoms with Gasteiger partial charge in [0.1, 0.15) is 0 Å². The minimum Gasteiger partial charge on any atom is -0.378 e. The zero-order valence-electron chi connectivity index (χ0n) is 12.7. The summed E-state index contributed by atoms with van der Waals surface area (Å²) in [5.41, 5.74) is 1.05. The highest BCUT2D eigenvalue weighted by Gasteiger charge is 2.46. The number of ether oxygens (including phenoxy) is 1. The van der Waals surface area contributed by atoms with Crippen LogP contribution in [0.25, 0.3) is 0 Å². The Bertz CT molecular complexity index is 556.